The molecule has 2 amide bonds. The number of primary amides is 1. The van der Waals surface area contributed by atoms with E-state index in [2.05, 4.69) is 15.3 Å². The Morgan fingerprint density at radius 2 is 1.80 bits per heavy atom. The summed E-state index contributed by atoms with van der Waals surface area (Å²) in [5.41, 5.74) is 7.86. The summed E-state index contributed by atoms with van der Waals surface area (Å²) in [6.45, 7) is 0.681. The Bertz CT molecular complexity index is 1850. The number of carbonyl (C=O) groups excluding carboxylic acids is 2. The zero-order chi connectivity index (χ0) is 31.4. The lowest BCUT2D eigenvalue weighted by Crippen LogP contribution is -2.27. The number of benzene rings is 3. The van der Waals surface area contributed by atoms with Gasteiger partial charge in [-0.25, -0.2) is 13.8 Å². The maximum absolute atomic E-state index is 15.6. The molecule has 3 aromatic carbocycles. The highest BCUT2D eigenvalue weighted by molar-refractivity contribution is 6.31. The Labute approximate surface area is 262 Å². The fraction of sp³-hybridized carbons (Fsp3) is 0.125. The van der Waals surface area contributed by atoms with Crippen LogP contribution in [0.3, 0.4) is 0 Å². The third-order valence-corrected chi connectivity index (χ3v) is 7.45. The van der Waals surface area contributed by atoms with E-state index in [4.69, 9.17) is 28.9 Å². The van der Waals surface area contributed by atoms with E-state index in [1.807, 2.05) is 12.1 Å². The number of anilines is 1. The number of nitrogens with zero attached hydrogens (tertiary/aromatic N) is 4. The molecule has 0 radical (unpaired) electrons. The summed E-state index contributed by atoms with van der Waals surface area (Å²) in [7, 11) is 1.72. The minimum absolute atomic E-state index is 0.0232. The van der Waals surface area contributed by atoms with E-state index in [0.29, 0.717) is 17.8 Å². The van der Waals surface area contributed by atoms with Crippen molar-refractivity contribution in [3.8, 4) is 28.3 Å². The predicted octanol–water partition coefficient (Wildman–Crippen LogP) is 6.75. The van der Waals surface area contributed by atoms with Gasteiger partial charge in [-0.3, -0.25) is 19.1 Å². The Morgan fingerprint density at radius 1 is 1.00 bits per heavy atom. The van der Waals surface area contributed by atoms with Gasteiger partial charge < -0.3 is 16.0 Å². The van der Waals surface area contributed by atoms with Crippen molar-refractivity contribution >= 4 is 40.7 Å². The average molecular weight is 636 g/mol. The fourth-order valence-corrected chi connectivity index (χ4v) is 5.11. The topological polar surface area (TPSA) is 106 Å². The van der Waals surface area contributed by atoms with E-state index in [1.165, 1.54) is 28.8 Å². The van der Waals surface area contributed by atoms with Crippen LogP contribution >= 0.6 is 23.2 Å². The SMILES string of the molecule is CN(Cc1cccnc1)C(=O)CCNc1ccccc1-c1nc(C(N)=O)c(-c2ccc(F)c(Cl)c2)n1-c1cccc(Cl)c1F. The second kappa shape index (κ2) is 13.2. The fourth-order valence-electron chi connectivity index (χ4n) is 4.76. The van der Waals surface area contributed by atoms with Crippen molar-refractivity contribution in [2.45, 2.75) is 13.0 Å². The molecular formula is C32H26Cl2F2N6O2. The summed E-state index contributed by atoms with van der Waals surface area (Å²) in [5, 5.41) is 2.89. The van der Waals surface area contributed by atoms with Gasteiger partial charge in [0, 0.05) is 55.8 Å². The summed E-state index contributed by atoms with van der Waals surface area (Å²) < 4.78 is 31.1. The second-order valence-electron chi connectivity index (χ2n) is 9.87. The molecule has 44 heavy (non-hydrogen) atoms. The number of imidazole rings is 1. The summed E-state index contributed by atoms with van der Waals surface area (Å²) in [5.74, 6) is -2.28. The van der Waals surface area contributed by atoms with Gasteiger partial charge in [0.15, 0.2) is 11.5 Å². The molecule has 0 aliphatic carbocycles. The van der Waals surface area contributed by atoms with Crippen LogP contribution in [0, 0.1) is 11.6 Å². The normalized spacial score (nSPS) is 10.9. The molecule has 0 aliphatic heterocycles. The average Bonchev–Trinajstić information content (AvgIpc) is 3.41. The highest BCUT2D eigenvalue weighted by Crippen LogP contribution is 2.38. The smallest absolute Gasteiger partial charge is 0.269 e. The first-order valence-electron chi connectivity index (χ1n) is 13.4. The summed E-state index contributed by atoms with van der Waals surface area (Å²) >= 11 is 12.2. The highest BCUT2D eigenvalue weighted by Gasteiger charge is 2.28. The van der Waals surface area contributed by atoms with Crippen LogP contribution in [0.1, 0.15) is 22.5 Å². The molecule has 0 fully saturated rings. The maximum atomic E-state index is 15.6. The molecule has 224 valence electrons. The van der Waals surface area contributed by atoms with Crippen LogP contribution in [0.4, 0.5) is 14.5 Å². The number of nitrogens with one attached hydrogen (secondary N) is 1. The Balaban J connectivity index is 1.55. The van der Waals surface area contributed by atoms with E-state index >= 15 is 4.39 Å². The van der Waals surface area contributed by atoms with E-state index in [1.54, 1.807) is 54.7 Å². The van der Waals surface area contributed by atoms with Crippen molar-refractivity contribution < 1.29 is 18.4 Å². The number of pyridine rings is 1. The summed E-state index contributed by atoms with van der Waals surface area (Å²) in [6, 6.07) is 19.0. The molecule has 2 aromatic heterocycles. The van der Waals surface area contributed by atoms with Gasteiger partial charge in [-0.15, -0.1) is 0 Å². The zero-order valence-corrected chi connectivity index (χ0v) is 24.9. The molecule has 12 heteroatoms. The van der Waals surface area contributed by atoms with Crippen LogP contribution in [0.25, 0.3) is 28.3 Å². The van der Waals surface area contributed by atoms with Crippen molar-refractivity contribution in [1.82, 2.24) is 19.4 Å². The number of amides is 2. The van der Waals surface area contributed by atoms with Gasteiger partial charge in [0.2, 0.25) is 5.91 Å². The maximum Gasteiger partial charge on any atom is 0.269 e. The van der Waals surface area contributed by atoms with Gasteiger partial charge in [0.25, 0.3) is 5.91 Å². The van der Waals surface area contributed by atoms with E-state index in [-0.39, 0.29) is 57.4 Å². The molecule has 0 unspecified atom stereocenters. The van der Waals surface area contributed by atoms with Crippen LogP contribution in [-0.4, -0.2) is 44.8 Å². The minimum Gasteiger partial charge on any atom is -0.384 e. The quantitative estimate of drug-likeness (QED) is 0.177. The van der Waals surface area contributed by atoms with Crippen molar-refractivity contribution in [2.24, 2.45) is 5.73 Å². The molecule has 0 saturated carbocycles. The van der Waals surface area contributed by atoms with Gasteiger partial charge in [-0.05, 0) is 54.1 Å². The summed E-state index contributed by atoms with van der Waals surface area (Å²) in [4.78, 5) is 35.8. The molecule has 5 aromatic rings. The molecular weight excluding hydrogens is 609 g/mol. The molecule has 0 spiro atoms. The van der Waals surface area contributed by atoms with Crippen molar-refractivity contribution in [3.63, 3.8) is 0 Å². The molecule has 3 N–H and O–H groups in total. The lowest BCUT2D eigenvalue weighted by molar-refractivity contribution is -0.130. The number of halogens is 4. The van der Waals surface area contributed by atoms with Crippen LogP contribution in [-0.2, 0) is 11.3 Å². The van der Waals surface area contributed by atoms with Crippen molar-refractivity contribution in [1.29, 1.82) is 0 Å². The highest BCUT2D eigenvalue weighted by atomic mass is 35.5. The van der Waals surface area contributed by atoms with E-state index in [0.717, 1.165) is 11.6 Å². The van der Waals surface area contributed by atoms with Gasteiger partial charge in [-0.2, -0.15) is 0 Å². The number of para-hydroxylation sites is 1. The first-order chi connectivity index (χ1) is 21.2. The minimum atomic E-state index is -0.893. The van der Waals surface area contributed by atoms with E-state index < -0.39 is 17.5 Å². The molecule has 0 saturated heterocycles. The van der Waals surface area contributed by atoms with Gasteiger partial charge in [0.1, 0.15) is 11.6 Å². The molecule has 2 heterocycles. The molecule has 0 atom stereocenters. The van der Waals surface area contributed by atoms with E-state index in [9.17, 15) is 14.0 Å². The molecule has 0 aliphatic rings. The monoisotopic (exact) mass is 634 g/mol. The lowest BCUT2D eigenvalue weighted by atomic mass is 10.1. The van der Waals surface area contributed by atoms with Gasteiger partial charge >= 0.3 is 0 Å². The molecule has 0 bridgehead atoms. The first kappa shape index (κ1) is 30.7. The number of nitrogens with two attached hydrogens (primary N) is 1. The molecule has 5 rings (SSSR count). The number of aromatic nitrogens is 3. The third-order valence-electron chi connectivity index (χ3n) is 6.87. The number of hydrogen-bond donors (Lipinski definition) is 2. The van der Waals surface area contributed by atoms with Crippen LogP contribution in [0.2, 0.25) is 10.0 Å². The number of rotatable bonds is 10. The molecule has 8 nitrogen and oxygen atoms in total. The first-order valence-corrected chi connectivity index (χ1v) is 14.2. The standard InChI is InChI=1S/C32H26Cl2F2N6O2/c1-41(18-19-6-5-14-38-17-19)27(43)13-15-39-25-9-3-2-7-21(25)32-40-29(31(37)44)30(20-11-12-24(35)23(34)16-20)42(32)26-10-4-8-22(33)28(26)36/h2-12,14,16-17,39H,13,15,18H2,1H3,(H2,37,44). The van der Waals surface area contributed by atoms with Crippen LogP contribution < -0.4 is 11.1 Å². The van der Waals surface area contributed by atoms with Crippen molar-refractivity contribution in [2.75, 3.05) is 18.9 Å². The number of hydrogen-bond acceptors (Lipinski definition) is 5. The Kier molecular flexibility index (Phi) is 9.22. The van der Waals surface area contributed by atoms with Crippen molar-refractivity contribution in [3.05, 3.63) is 118 Å². The van der Waals surface area contributed by atoms with Gasteiger partial charge in [0.05, 0.1) is 21.4 Å². The van der Waals surface area contributed by atoms with Crippen LogP contribution in [0.15, 0.2) is 85.2 Å². The number of carbonyl (C=O) groups is 2. The van der Waals surface area contributed by atoms with Gasteiger partial charge in [-0.1, -0.05) is 47.5 Å². The zero-order valence-electron chi connectivity index (χ0n) is 23.4. The van der Waals surface area contributed by atoms with Crippen LogP contribution in [0.5, 0.6) is 0 Å². The lowest BCUT2D eigenvalue weighted by Gasteiger charge is -2.19. The second-order valence-corrected chi connectivity index (χ2v) is 10.7. The predicted molar refractivity (Wildman–Crippen MR) is 167 cm³/mol. The Morgan fingerprint density at radius 3 is 2.52 bits per heavy atom. The Hall–Kier alpha value is -4.80. The summed E-state index contributed by atoms with van der Waals surface area (Å²) in [6.07, 6.45) is 3.55. The largest absolute Gasteiger partial charge is 0.384 e. The third kappa shape index (κ3) is 6.41.